The van der Waals surface area contributed by atoms with Gasteiger partial charge in [-0.15, -0.1) is 0 Å². The lowest BCUT2D eigenvalue weighted by molar-refractivity contribution is 0.306. The summed E-state index contributed by atoms with van der Waals surface area (Å²) in [6, 6.07) is 20.1. The van der Waals surface area contributed by atoms with Crippen molar-refractivity contribution in [1.29, 1.82) is 0 Å². The maximum atomic E-state index is 12.6. The fourth-order valence-corrected chi connectivity index (χ4v) is 3.74. The number of nitrogens with one attached hydrogen (secondary N) is 1. The summed E-state index contributed by atoms with van der Waals surface area (Å²) in [6.07, 6.45) is 5.74. The summed E-state index contributed by atoms with van der Waals surface area (Å²) in [5, 5.41) is 0. The van der Waals surface area contributed by atoms with Crippen molar-refractivity contribution in [1.82, 2.24) is 15.0 Å². The van der Waals surface area contributed by atoms with Gasteiger partial charge in [0.1, 0.15) is 22.9 Å². The molecule has 0 aliphatic carbocycles. The van der Waals surface area contributed by atoms with Crippen LogP contribution in [0.5, 0.6) is 5.75 Å². The van der Waals surface area contributed by atoms with Crippen molar-refractivity contribution in [2.24, 2.45) is 0 Å². The van der Waals surface area contributed by atoms with Crippen LogP contribution < -0.4 is 9.46 Å². The van der Waals surface area contributed by atoms with E-state index in [1.165, 1.54) is 30.9 Å². The molecule has 150 valence electrons. The Bertz CT molecular complexity index is 1220. The molecule has 0 unspecified atom stereocenters. The van der Waals surface area contributed by atoms with Gasteiger partial charge in [0.15, 0.2) is 5.82 Å². The van der Waals surface area contributed by atoms with Crippen molar-refractivity contribution in [3.8, 4) is 17.0 Å². The predicted octanol–water partition coefficient (Wildman–Crippen LogP) is 3.92. The maximum Gasteiger partial charge on any atom is 0.264 e. The number of aromatic nitrogens is 3. The molecular formula is C22H18N4O3S. The van der Waals surface area contributed by atoms with Crippen LogP contribution in [0.15, 0.2) is 96.4 Å². The Hall–Kier alpha value is -3.78. The van der Waals surface area contributed by atoms with Gasteiger partial charge in [-0.05, 0) is 29.8 Å². The molecule has 0 spiro atoms. The van der Waals surface area contributed by atoms with Crippen LogP contribution in [0.1, 0.15) is 5.56 Å². The van der Waals surface area contributed by atoms with Crippen LogP contribution >= 0.6 is 0 Å². The maximum absolute atomic E-state index is 12.6. The molecule has 2 aromatic heterocycles. The minimum absolute atomic E-state index is 0.0509. The molecule has 0 amide bonds. The lowest BCUT2D eigenvalue weighted by Crippen LogP contribution is -2.15. The van der Waals surface area contributed by atoms with Gasteiger partial charge in [-0.1, -0.05) is 42.5 Å². The van der Waals surface area contributed by atoms with E-state index in [0.717, 1.165) is 16.9 Å². The van der Waals surface area contributed by atoms with Crippen molar-refractivity contribution in [3.63, 3.8) is 0 Å². The van der Waals surface area contributed by atoms with E-state index >= 15 is 0 Å². The van der Waals surface area contributed by atoms with E-state index in [4.69, 9.17) is 4.74 Å². The van der Waals surface area contributed by atoms with Gasteiger partial charge in [0, 0.05) is 30.4 Å². The van der Waals surface area contributed by atoms with Crippen LogP contribution in [0.2, 0.25) is 0 Å². The highest BCUT2D eigenvalue weighted by molar-refractivity contribution is 7.92. The zero-order valence-corrected chi connectivity index (χ0v) is 16.7. The summed E-state index contributed by atoms with van der Waals surface area (Å²) in [5.41, 5.74) is 2.14. The van der Waals surface area contributed by atoms with Crippen LogP contribution in [0.25, 0.3) is 11.3 Å². The monoisotopic (exact) mass is 418 g/mol. The zero-order chi connectivity index (χ0) is 20.8. The fraction of sp³-hybridized carbons (Fsp3) is 0.0455. The lowest BCUT2D eigenvalue weighted by atomic mass is 10.1. The molecule has 0 aliphatic heterocycles. The number of anilines is 1. The molecule has 0 fully saturated rings. The molecule has 2 heterocycles. The number of pyridine rings is 1. The molecule has 1 N–H and O–H groups in total. The molecule has 0 saturated carbocycles. The van der Waals surface area contributed by atoms with E-state index in [1.54, 1.807) is 6.07 Å². The van der Waals surface area contributed by atoms with Crippen LogP contribution in [0, 0.1) is 0 Å². The van der Waals surface area contributed by atoms with Crippen molar-refractivity contribution < 1.29 is 13.2 Å². The Kier molecular flexibility index (Phi) is 5.67. The lowest BCUT2D eigenvalue weighted by Gasteiger charge is -2.11. The van der Waals surface area contributed by atoms with Gasteiger partial charge in [0.25, 0.3) is 10.0 Å². The first-order valence-corrected chi connectivity index (χ1v) is 10.6. The third-order valence-corrected chi connectivity index (χ3v) is 5.57. The number of rotatable bonds is 7. The third kappa shape index (κ3) is 4.61. The van der Waals surface area contributed by atoms with Gasteiger partial charge >= 0.3 is 0 Å². The number of hydrogen-bond donors (Lipinski definition) is 1. The summed E-state index contributed by atoms with van der Waals surface area (Å²) in [5.74, 6) is 0.942. The normalized spacial score (nSPS) is 11.1. The van der Waals surface area contributed by atoms with Gasteiger partial charge < -0.3 is 4.74 Å². The summed E-state index contributed by atoms with van der Waals surface area (Å²) >= 11 is 0. The molecule has 0 radical (unpaired) electrons. The molecule has 0 saturated heterocycles. The molecule has 8 heteroatoms. The molecular weight excluding hydrogens is 400 g/mol. The predicted molar refractivity (Wildman–Crippen MR) is 113 cm³/mol. The number of benzene rings is 2. The minimum Gasteiger partial charge on any atom is -0.489 e. The van der Waals surface area contributed by atoms with Crippen molar-refractivity contribution in [2.75, 3.05) is 4.72 Å². The minimum atomic E-state index is -3.83. The highest BCUT2D eigenvalue weighted by Crippen LogP contribution is 2.26. The second-order valence-corrected chi connectivity index (χ2v) is 8.03. The topological polar surface area (TPSA) is 94.1 Å². The molecule has 2 aromatic carbocycles. The summed E-state index contributed by atoms with van der Waals surface area (Å²) < 4.78 is 33.5. The van der Waals surface area contributed by atoms with E-state index in [-0.39, 0.29) is 10.7 Å². The second kappa shape index (κ2) is 8.71. The molecule has 0 bridgehead atoms. The summed E-state index contributed by atoms with van der Waals surface area (Å²) in [7, 11) is -3.83. The van der Waals surface area contributed by atoms with Crippen molar-refractivity contribution >= 4 is 15.8 Å². The third-order valence-electron chi connectivity index (χ3n) is 4.25. The first kappa shape index (κ1) is 19.5. The summed E-state index contributed by atoms with van der Waals surface area (Å²) in [4.78, 5) is 12.4. The Labute approximate surface area is 174 Å². The first-order chi connectivity index (χ1) is 14.6. The standard InChI is InChI=1S/C22H18N4O3S/c27-30(28,20-7-4-12-23-15-20)26-22-21(24-13-14-25-22)18-10-8-17(9-11-18)16-29-19-5-2-1-3-6-19/h1-15H,16H2,(H,25,26). The smallest absolute Gasteiger partial charge is 0.264 e. The average Bonchev–Trinajstić information content (AvgIpc) is 2.80. The van der Waals surface area contributed by atoms with Crippen LogP contribution in [0.4, 0.5) is 5.82 Å². The molecule has 0 atom stereocenters. The number of nitrogens with zero attached hydrogens (tertiary/aromatic N) is 3. The van der Waals surface area contributed by atoms with Gasteiger partial charge in [-0.25, -0.2) is 13.4 Å². The Balaban J connectivity index is 1.53. The largest absolute Gasteiger partial charge is 0.489 e. The molecule has 4 rings (SSSR count). The van der Waals surface area contributed by atoms with Crippen molar-refractivity contribution in [2.45, 2.75) is 11.5 Å². The van der Waals surface area contributed by atoms with Gasteiger partial charge in [0.05, 0.1) is 0 Å². The zero-order valence-electron chi connectivity index (χ0n) is 15.8. The summed E-state index contributed by atoms with van der Waals surface area (Å²) in [6.45, 7) is 0.422. The van der Waals surface area contributed by atoms with Crippen molar-refractivity contribution in [3.05, 3.63) is 97.1 Å². The number of para-hydroxylation sites is 1. The quantitative estimate of drug-likeness (QED) is 0.489. The highest BCUT2D eigenvalue weighted by Gasteiger charge is 2.18. The van der Waals surface area contributed by atoms with E-state index in [1.807, 2.05) is 54.6 Å². The molecule has 7 nitrogen and oxygen atoms in total. The highest BCUT2D eigenvalue weighted by atomic mass is 32.2. The van der Waals surface area contributed by atoms with Gasteiger partial charge in [-0.3, -0.25) is 14.7 Å². The van der Waals surface area contributed by atoms with Gasteiger partial charge in [0.2, 0.25) is 0 Å². The Morgan fingerprint density at radius 1 is 0.833 bits per heavy atom. The van der Waals surface area contributed by atoms with Gasteiger partial charge in [-0.2, -0.15) is 0 Å². The fourth-order valence-electron chi connectivity index (χ4n) is 2.76. The van der Waals surface area contributed by atoms with E-state index in [0.29, 0.717) is 12.3 Å². The number of ether oxygens (including phenoxy) is 1. The van der Waals surface area contributed by atoms with E-state index < -0.39 is 10.0 Å². The molecule has 0 aliphatic rings. The SMILES string of the molecule is O=S(=O)(Nc1nccnc1-c1ccc(COc2ccccc2)cc1)c1cccnc1. The molecule has 4 aromatic rings. The Morgan fingerprint density at radius 3 is 2.33 bits per heavy atom. The van der Waals surface area contributed by atoms with Crippen LogP contribution in [0.3, 0.4) is 0 Å². The van der Waals surface area contributed by atoms with Crippen LogP contribution in [-0.2, 0) is 16.6 Å². The van der Waals surface area contributed by atoms with E-state index in [9.17, 15) is 8.42 Å². The second-order valence-electron chi connectivity index (χ2n) is 6.35. The average molecular weight is 418 g/mol. The molecule has 30 heavy (non-hydrogen) atoms. The van der Waals surface area contributed by atoms with E-state index in [2.05, 4.69) is 19.7 Å². The van der Waals surface area contributed by atoms with Crippen LogP contribution in [-0.4, -0.2) is 23.4 Å². The number of sulfonamides is 1. The Morgan fingerprint density at radius 2 is 1.60 bits per heavy atom. The number of hydrogen-bond acceptors (Lipinski definition) is 6. The first-order valence-electron chi connectivity index (χ1n) is 9.13.